The van der Waals surface area contributed by atoms with Crippen molar-refractivity contribution in [2.45, 2.75) is 75.8 Å². The normalized spacial score (nSPS) is 45.6. The van der Waals surface area contributed by atoms with Crippen LogP contribution in [0.2, 0.25) is 0 Å². The summed E-state index contributed by atoms with van der Waals surface area (Å²) in [6.07, 6.45) is 4.79. The Hall–Kier alpha value is -2.74. The molecule has 186 valence electrons. The lowest BCUT2D eigenvalue weighted by molar-refractivity contribution is -0.214. The van der Waals surface area contributed by atoms with Gasteiger partial charge in [-0.2, -0.15) is 0 Å². The number of fused-ring (bicyclic) bond motifs is 2. The van der Waals surface area contributed by atoms with Crippen LogP contribution in [0.4, 0.5) is 0 Å². The van der Waals surface area contributed by atoms with Crippen molar-refractivity contribution in [2.75, 3.05) is 7.11 Å². The Morgan fingerprint density at radius 1 is 1.09 bits per heavy atom. The molecule has 5 fully saturated rings. The maximum absolute atomic E-state index is 13.7. The number of rotatable bonds is 1. The molecule has 2 N–H and O–H groups in total. The van der Waals surface area contributed by atoms with Gasteiger partial charge in [0.1, 0.15) is 17.2 Å². The van der Waals surface area contributed by atoms with Gasteiger partial charge < -0.3 is 29.2 Å². The van der Waals surface area contributed by atoms with Gasteiger partial charge in [0, 0.05) is 12.1 Å². The van der Waals surface area contributed by atoms with Crippen LogP contribution in [0.3, 0.4) is 0 Å². The minimum absolute atomic E-state index is 0.0390. The number of ether oxygens (including phenoxy) is 4. The Kier molecular flexibility index (Phi) is 3.67. The molecule has 1 aromatic carbocycles. The summed E-state index contributed by atoms with van der Waals surface area (Å²) < 4.78 is 24.0. The number of carbonyl (C=O) groups excluding carboxylic acids is 2. The fourth-order valence-electron chi connectivity index (χ4n) is 9.36. The van der Waals surface area contributed by atoms with Gasteiger partial charge in [0.2, 0.25) is 11.2 Å². The first-order valence-electron chi connectivity index (χ1n) is 12.4. The molecule has 0 unspecified atom stereocenters. The van der Waals surface area contributed by atoms with E-state index in [0.29, 0.717) is 17.7 Å². The second kappa shape index (κ2) is 5.97. The van der Waals surface area contributed by atoms with Crippen molar-refractivity contribution in [1.29, 1.82) is 0 Å². The number of esters is 2. The van der Waals surface area contributed by atoms with E-state index >= 15 is 0 Å². The van der Waals surface area contributed by atoms with E-state index in [1.54, 1.807) is 6.08 Å². The summed E-state index contributed by atoms with van der Waals surface area (Å²) in [7, 11) is 1.45. The molecule has 7 atom stereocenters. The quantitative estimate of drug-likeness (QED) is 0.588. The molecule has 7 rings (SSSR count). The minimum Gasteiger partial charge on any atom is -0.508 e. The van der Waals surface area contributed by atoms with Crippen LogP contribution in [-0.2, 0) is 19.1 Å². The van der Waals surface area contributed by atoms with E-state index in [1.165, 1.54) is 19.2 Å². The first kappa shape index (κ1) is 21.5. The summed E-state index contributed by atoms with van der Waals surface area (Å²) in [5.41, 5.74) is -4.88. The first-order chi connectivity index (χ1) is 16.5. The predicted octanol–water partition coefficient (Wildman–Crippen LogP) is 3.12. The summed E-state index contributed by atoms with van der Waals surface area (Å²) in [5.74, 6) is -1.29. The highest BCUT2D eigenvalue weighted by Gasteiger charge is 2.94. The van der Waals surface area contributed by atoms with Crippen molar-refractivity contribution in [2.24, 2.45) is 22.7 Å². The lowest BCUT2D eigenvalue weighted by atomic mass is 9.44. The van der Waals surface area contributed by atoms with Crippen LogP contribution >= 0.6 is 0 Å². The highest BCUT2D eigenvalue weighted by atomic mass is 16.7. The number of benzene rings is 1. The van der Waals surface area contributed by atoms with E-state index in [-0.39, 0.29) is 28.4 Å². The van der Waals surface area contributed by atoms with E-state index in [1.807, 2.05) is 0 Å². The standard InChI is InChI=1S/C27H30O8/c1-23(2)7-5-8-24(3)18(23)6-9-25-20(24)26(31,22(30)35-25)27-15(19(29)33-21(25)27)12-14-16(32-4)10-13(28)11-17(14)34-27/h10-12,18,20-21,28,31H,5-9H2,1-4H3/t18-,20+,21+,24-,25+,26-,27-/m1/s1. The summed E-state index contributed by atoms with van der Waals surface area (Å²) >= 11 is 0. The molecule has 1 aromatic rings. The van der Waals surface area contributed by atoms with Crippen molar-refractivity contribution >= 4 is 18.0 Å². The molecular formula is C27H30O8. The van der Waals surface area contributed by atoms with Crippen LogP contribution in [-0.4, -0.2) is 52.2 Å². The molecule has 1 spiro atoms. The highest BCUT2D eigenvalue weighted by molar-refractivity contribution is 6.05. The monoisotopic (exact) mass is 482 g/mol. The fraction of sp³-hybridized carbons (Fsp3) is 0.630. The Labute approximate surface area is 203 Å². The number of aromatic hydroxyl groups is 1. The molecular weight excluding hydrogens is 452 g/mol. The van der Waals surface area contributed by atoms with Gasteiger partial charge in [0.05, 0.1) is 24.2 Å². The number of phenols is 1. The van der Waals surface area contributed by atoms with Gasteiger partial charge in [-0.15, -0.1) is 0 Å². The van der Waals surface area contributed by atoms with Crippen LogP contribution in [0.25, 0.3) is 6.08 Å². The maximum Gasteiger partial charge on any atom is 0.344 e. The lowest BCUT2D eigenvalue weighted by Gasteiger charge is -2.59. The zero-order valence-corrected chi connectivity index (χ0v) is 20.3. The molecule has 6 aliphatic rings. The van der Waals surface area contributed by atoms with Crippen LogP contribution < -0.4 is 9.47 Å². The Balaban J connectivity index is 1.49. The van der Waals surface area contributed by atoms with Gasteiger partial charge >= 0.3 is 11.9 Å². The first-order valence-corrected chi connectivity index (χ1v) is 12.4. The van der Waals surface area contributed by atoms with E-state index in [4.69, 9.17) is 18.9 Å². The SMILES string of the molecule is COc1cc(O)cc2c1C=C1C(=O)O[C@H]3[C@]45CC[C@@H]6C(C)(C)CCC[C@@]6(C)[C@@H]4[C@@](O)(C(=O)O5)[C@@]13O2. The largest absolute Gasteiger partial charge is 0.508 e. The van der Waals surface area contributed by atoms with Gasteiger partial charge in [-0.3, -0.25) is 0 Å². The van der Waals surface area contributed by atoms with E-state index < -0.39 is 46.2 Å². The average molecular weight is 483 g/mol. The molecule has 8 nitrogen and oxygen atoms in total. The Morgan fingerprint density at radius 2 is 1.86 bits per heavy atom. The minimum atomic E-state index is -2.12. The van der Waals surface area contributed by atoms with Crippen LogP contribution in [0.5, 0.6) is 17.2 Å². The number of carbonyl (C=O) groups is 2. The molecule has 2 saturated heterocycles. The third-order valence-electron chi connectivity index (χ3n) is 10.4. The van der Waals surface area contributed by atoms with Crippen LogP contribution in [0, 0.1) is 22.7 Å². The summed E-state index contributed by atoms with van der Waals surface area (Å²) in [6, 6.07) is 2.84. The molecule has 0 aromatic heterocycles. The highest BCUT2D eigenvalue weighted by Crippen LogP contribution is 2.76. The number of hydrogen-bond donors (Lipinski definition) is 2. The molecule has 0 radical (unpaired) electrons. The lowest BCUT2D eigenvalue weighted by Crippen LogP contribution is -2.68. The Morgan fingerprint density at radius 3 is 2.60 bits per heavy atom. The third-order valence-corrected chi connectivity index (χ3v) is 10.4. The smallest absolute Gasteiger partial charge is 0.344 e. The molecule has 0 amide bonds. The second-order valence-corrected chi connectivity index (χ2v) is 12.2. The summed E-state index contributed by atoms with van der Waals surface area (Å²) in [6.45, 7) is 6.70. The van der Waals surface area contributed by atoms with Crippen LogP contribution in [0.1, 0.15) is 58.4 Å². The zero-order chi connectivity index (χ0) is 24.8. The molecule has 3 saturated carbocycles. The topological polar surface area (TPSA) is 112 Å². The second-order valence-electron chi connectivity index (χ2n) is 12.2. The third kappa shape index (κ3) is 2.05. The molecule has 2 bridgehead atoms. The molecule has 8 heteroatoms. The van der Waals surface area contributed by atoms with E-state index in [0.717, 1.165) is 25.7 Å². The molecule has 3 aliphatic heterocycles. The number of methoxy groups -OCH3 is 1. The van der Waals surface area contributed by atoms with Gasteiger partial charge in [-0.25, -0.2) is 9.59 Å². The van der Waals surface area contributed by atoms with Gasteiger partial charge in [0.15, 0.2) is 11.7 Å². The van der Waals surface area contributed by atoms with Gasteiger partial charge in [-0.1, -0.05) is 27.2 Å². The summed E-state index contributed by atoms with van der Waals surface area (Å²) in [5, 5.41) is 22.9. The van der Waals surface area contributed by atoms with Crippen molar-refractivity contribution < 1.29 is 38.7 Å². The zero-order valence-electron chi connectivity index (χ0n) is 20.3. The van der Waals surface area contributed by atoms with Gasteiger partial charge in [-0.05, 0) is 48.5 Å². The van der Waals surface area contributed by atoms with Gasteiger partial charge in [0.25, 0.3) is 0 Å². The van der Waals surface area contributed by atoms with Crippen LogP contribution in [0.15, 0.2) is 17.7 Å². The van der Waals surface area contributed by atoms with Crippen molar-refractivity contribution in [3.8, 4) is 17.2 Å². The van der Waals surface area contributed by atoms with E-state index in [2.05, 4.69) is 20.8 Å². The summed E-state index contributed by atoms with van der Waals surface area (Å²) in [4.78, 5) is 26.9. The Bertz CT molecular complexity index is 1250. The number of hydrogen-bond acceptors (Lipinski definition) is 8. The maximum atomic E-state index is 13.7. The number of aliphatic hydroxyl groups is 1. The van der Waals surface area contributed by atoms with Crippen molar-refractivity contribution in [3.63, 3.8) is 0 Å². The van der Waals surface area contributed by atoms with Crippen molar-refractivity contribution in [1.82, 2.24) is 0 Å². The predicted molar refractivity (Wildman–Crippen MR) is 122 cm³/mol. The fourth-order valence-corrected chi connectivity index (χ4v) is 9.36. The average Bonchev–Trinajstić information content (AvgIpc) is 3.28. The van der Waals surface area contributed by atoms with E-state index in [9.17, 15) is 19.8 Å². The molecule has 3 aliphatic carbocycles. The molecule has 3 heterocycles. The van der Waals surface area contributed by atoms with Crippen molar-refractivity contribution in [3.05, 3.63) is 23.3 Å². The molecule has 35 heavy (non-hydrogen) atoms. The number of phenolic OH excluding ortho intramolecular Hbond substituents is 1.